The Morgan fingerprint density at radius 3 is 2.79 bits per heavy atom. The van der Waals surface area contributed by atoms with Crippen LogP contribution in [0.15, 0.2) is 24.3 Å². The maximum Gasteiger partial charge on any atom is 0.125 e. The van der Waals surface area contributed by atoms with E-state index in [0.29, 0.717) is 11.8 Å². The summed E-state index contributed by atoms with van der Waals surface area (Å²) in [6, 6.07) is 8.41. The van der Waals surface area contributed by atoms with Crippen LogP contribution in [0.5, 0.6) is 5.75 Å². The van der Waals surface area contributed by atoms with Crippen LogP contribution < -0.4 is 4.74 Å². The van der Waals surface area contributed by atoms with E-state index in [4.69, 9.17) is 9.47 Å². The Labute approximate surface area is 115 Å². The molecule has 4 atom stereocenters. The highest BCUT2D eigenvalue weighted by molar-refractivity contribution is 5.40. The minimum Gasteiger partial charge on any atom is -0.487 e. The number of hydrogen-bond donors (Lipinski definition) is 0. The molecule has 1 saturated carbocycles. The molecule has 19 heavy (non-hydrogen) atoms. The number of para-hydroxylation sites is 1. The van der Waals surface area contributed by atoms with E-state index >= 15 is 0 Å². The van der Waals surface area contributed by atoms with E-state index in [1.54, 1.807) is 0 Å². The summed E-state index contributed by atoms with van der Waals surface area (Å²) in [4.78, 5) is 0. The number of benzene rings is 1. The summed E-state index contributed by atoms with van der Waals surface area (Å²) in [5.74, 6) is 2.22. The fourth-order valence-electron chi connectivity index (χ4n) is 4.37. The van der Waals surface area contributed by atoms with Crippen LogP contribution in [0.4, 0.5) is 0 Å². The Morgan fingerprint density at radius 2 is 1.95 bits per heavy atom. The molecular weight excluding hydrogens is 236 g/mol. The van der Waals surface area contributed by atoms with E-state index in [0.717, 1.165) is 12.2 Å². The van der Waals surface area contributed by atoms with Crippen LogP contribution in [0.1, 0.15) is 51.7 Å². The number of ether oxygens (including phenoxy) is 2. The lowest BCUT2D eigenvalue weighted by Crippen LogP contribution is -2.58. The zero-order chi connectivity index (χ0) is 13.3. The highest BCUT2D eigenvalue weighted by Crippen LogP contribution is 2.59. The van der Waals surface area contributed by atoms with Crippen molar-refractivity contribution >= 4 is 0 Å². The van der Waals surface area contributed by atoms with Gasteiger partial charge in [-0.3, -0.25) is 0 Å². The molecule has 3 aliphatic rings. The monoisotopic (exact) mass is 258 g/mol. The van der Waals surface area contributed by atoms with E-state index in [2.05, 4.69) is 45.0 Å². The first-order valence-electron chi connectivity index (χ1n) is 7.45. The largest absolute Gasteiger partial charge is 0.487 e. The Bertz CT molecular complexity index is 522. The van der Waals surface area contributed by atoms with Gasteiger partial charge in [-0.2, -0.15) is 0 Å². The van der Waals surface area contributed by atoms with Gasteiger partial charge in [0, 0.05) is 11.5 Å². The zero-order valence-corrected chi connectivity index (χ0v) is 12.0. The molecular formula is C17H22O2. The average Bonchev–Trinajstić information content (AvgIpc) is 2.36. The standard InChI is InChI=1S/C17H22O2/c1-16(2)11-8-9-17(3)13(10-11)15(19-16)12-6-4-5-7-14(12)18-17/h4-7,11,13,15H,8-10H2,1-3H3/t11-,13+,15?,17-/m1/s1. The number of fused-ring (bicyclic) bond motifs is 3. The van der Waals surface area contributed by atoms with Gasteiger partial charge in [-0.05, 0) is 52.0 Å². The first kappa shape index (κ1) is 11.8. The van der Waals surface area contributed by atoms with Gasteiger partial charge >= 0.3 is 0 Å². The quantitative estimate of drug-likeness (QED) is 0.697. The van der Waals surface area contributed by atoms with E-state index in [1.165, 1.54) is 18.4 Å². The van der Waals surface area contributed by atoms with Crippen molar-refractivity contribution in [3.8, 4) is 5.75 Å². The second-order valence-electron chi connectivity index (χ2n) is 7.17. The SMILES string of the molecule is CC1(C)OC2c3ccccc3O[C@]3(C)CC[C@@H]1C[C@@H]23. The molecule has 0 spiro atoms. The van der Waals surface area contributed by atoms with Crippen molar-refractivity contribution in [1.82, 2.24) is 0 Å². The second-order valence-corrected chi connectivity index (χ2v) is 7.17. The van der Waals surface area contributed by atoms with Crippen LogP contribution in [0.3, 0.4) is 0 Å². The minimum absolute atomic E-state index is 0.00700. The van der Waals surface area contributed by atoms with Gasteiger partial charge in [0.2, 0.25) is 0 Å². The van der Waals surface area contributed by atoms with Crippen molar-refractivity contribution < 1.29 is 9.47 Å². The molecule has 1 saturated heterocycles. The third-order valence-electron chi connectivity index (χ3n) is 5.66. The van der Waals surface area contributed by atoms with Crippen LogP contribution in [-0.4, -0.2) is 11.2 Å². The first-order valence-corrected chi connectivity index (χ1v) is 7.45. The number of rotatable bonds is 0. The van der Waals surface area contributed by atoms with Crippen molar-refractivity contribution in [2.45, 2.75) is 57.3 Å². The topological polar surface area (TPSA) is 18.5 Å². The molecule has 0 amide bonds. The summed E-state index contributed by atoms with van der Waals surface area (Å²) < 4.78 is 12.9. The zero-order valence-electron chi connectivity index (χ0n) is 12.0. The highest BCUT2D eigenvalue weighted by Gasteiger charge is 2.57. The van der Waals surface area contributed by atoms with Crippen molar-refractivity contribution in [3.05, 3.63) is 29.8 Å². The van der Waals surface area contributed by atoms with Crippen molar-refractivity contribution in [2.75, 3.05) is 0 Å². The summed E-state index contributed by atoms with van der Waals surface area (Å²) in [5.41, 5.74) is 1.21. The van der Waals surface area contributed by atoms with E-state index < -0.39 is 0 Å². The molecule has 1 aromatic carbocycles. The lowest BCUT2D eigenvalue weighted by molar-refractivity contribution is -0.237. The molecule has 0 N–H and O–H groups in total. The maximum atomic E-state index is 6.52. The summed E-state index contributed by atoms with van der Waals surface area (Å²) in [6.45, 7) is 6.79. The predicted molar refractivity (Wildman–Crippen MR) is 74.2 cm³/mol. The molecule has 2 aliphatic heterocycles. The average molecular weight is 258 g/mol. The molecule has 2 fully saturated rings. The first-order chi connectivity index (χ1) is 9.00. The maximum absolute atomic E-state index is 6.52. The molecule has 2 bridgehead atoms. The van der Waals surface area contributed by atoms with Crippen molar-refractivity contribution in [3.63, 3.8) is 0 Å². The van der Waals surface area contributed by atoms with Gasteiger partial charge in [0.15, 0.2) is 0 Å². The van der Waals surface area contributed by atoms with Gasteiger partial charge in [-0.1, -0.05) is 18.2 Å². The normalized spacial score (nSPS) is 42.2. The Balaban J connectivity index is 1.86. The van der Waals surface area contributed by atoms with Gasteiger partial charge in [-0.25, -0.2) is 0 Å². The van der Waals surface area contributed by atoms with Gasteiger partial charge < -0.3 is 9.47 Å². The number of hydrogen-bond acceptors (Lipinski definition) is 2. The fraction of sp³-hybridized carbons (Fsp3) is 0.647. The third-order valence-corrected chi connectivity index (χ3v) is 5.66. The Kier molecular flexibility index (Phi) is 2.20. The van der Waals surface area contributed by atoms with Crippen LogP contribution >= 0.6 is 0 Å². The van der Waals surface area contributed by atoms with E-state index in [9.17, 15) is 0 Å². The van der Waals surface area contributed by atoms with Crippen LogP contribution in [0.25, 0.3) is 0 Å². The summed E-state index contributed by atoms with van der Waals surface area (Å²) in [5, 5.41) is 0. The predicted octanol–water partition coefficient (Wildman–Crippen LogP) is 4.10. The summed E-state index contributed by atoms with van der Waals surface area (Å²) in [7, 11) is 0. The molecule has 1 aromatic rings. The lowest BCUT2D eigenvalue weighted by Gasteiger charge is -2.58. The third kappa shape index (κ3) is 1.53. The molecule has 2 nitrogen and oxygen atoms in total. The molecule has 0 aromatic heterocycles. The molecule has 2 heteroatoms. The molecule has 102 valence electrons. The molecule has 0 radical (unpaired) electrons. The summed E-state index contributed by atoms with van der Waals surface area (Å²) in [6.07, 6.45) is 3.82. The van der Waals surface area contributed by atoms with Crippen molar-refractivity contribution in [1.29, 1.82) is 0 Å². The van der Waals surface area contributed by atoms with Gasteiger partial charge in [0.05, 0.1) is 11.7 Å². The van der Waals surface area contributed by atoms with E-state index in [1.807, 2.05) is 0 Å². The second kappa shape index (κ2) is 3.54. The van der Waals surface area contributed by atoms with Crippen LogP contribution in [0.2, 0.25) is 0 Å². The van der Waals surface area contributed by atoms with E-state index in [-0.39, 0.29) is 17.3 Å². The molecule has 1 aliphatic carbocycles. The minimum atomic E-state index is -0.0357. The Morgan fingerprint density at radius 1 is 1.16 bits per heavy atom. The van der Waals surface area contributed by atoms with Gasteiger partial charge in [0.1, 0.15) is 11.4 Å². The molecule has 2 heterocycles. The van der Waals surface area contributed by atoms with Crippen molar-refractivity contribution in [2.24, 2.45) is 11.8 Å². The van der Waals surface area contributed by atoms with Crippen LogP contribution in [-0.2, 0) is 4.74 Å². The molecule has 4 rings (SSSR count). The smallest absolute Gasteiger partial charge is 0.125 e. The lowest BCUT2D eigenvalue weighted by atomic mass is 9.61. The Hall–Kier alpha value is -1.02. The van der Waals surface area contributed by atoms with Crippen LogP contribution in [0, 0.1) is 11.8 Å². The van der Waals surface area contributed by atoms with Gasteiger partial charge in [0.25, 0.3) is 0 Å². The highest BCUT2D eigenvalue weighted by atomic mass is 16.5. The molecule has 1 unspecified atom stereocenters. The van der Waals surface area contributed by atoms with Gasteiger partial charge in [-0.15, -0.1) is 0 Å². The summed E-state index contributed by atoms with van der Waals surface area (Å²) >= 11 is 0. The fourth-order valence-corrected chi connectivity index (χ4v) is 4.37.